The van der Waals surface area contributed by atoms with Crippen molar-refractivity contribution in [1.29, 1.82) is 0 Å². The summed E-state index contributed by atoms with van der Waals surface area (Å²) in [5, 5.41) is 3.35. The zero-order valence-corrected chi connectivity index (χ0v) is 11.8. The second-order valence-electron chi connectivity index (χ2n) is 5.18. The number of amides is 1. The van der Waals surface area contributed by atoms with Crippen LogP contribution in [-0.2, 0) is 4.79 Å². The van der Waals surface area contributed by atoms with Crippen LogP contribution in [0.2, 0.25) is 0 Å². The van der Waals surface area contributed by atoms with Gasteiger partial charge in [-0.3, -0.25) is 4.79 Å². The van der Waals surface area contributed by atoms with E-state index in [9.17, 15) is 4.79 Å². The summed E-state index contributed by atoms with van der Waals surface area (Å²) >= 11 is 0. The van der Waals surface area contributed by atoms with Gasteiger partial charge < -0.3 is 10.2 Å². The third kappa shape index (κ3) is 3.80. The lowest BCUT2D eigenvalue weighted by molar-refractivity contribution is -0.121. The lowest BCUT2D eigenvalue weighted by Gasteiger charge is -2.30. The highest BCUT2D eigenvalue weighted by atomic mass is 16.2. The molecule has 1 N–H and O–H groups in total. The Morgan fingerprint density at radius 3 is 2.74 bits per heavy atom. The fraction of sp³-hybridized carbons (Fsp3) is 0.562. The number of rotatable bonds is 5. The minimum Gasteiger partial charge on any atom is -0.311 e. The molecular weight excluding hydrogens is 236 g/mol. The zero-order chi connectivity index (χ0) is 13.5. The molecule has 1 aromatic carbocycles. The van der Waals surface area contributed by atoms with Crippen LogP contribution >= 0.6 is 0 Å². The van der Waals surface area contributed by atoms with Crippen molar-refractivity contribution >= 4 is 11.6 Å². The first-order chi connectivity index (χ1) is 9.33. The number of hydrogen-bond acceptors (Lipinski definition) is 2. The molecule has 19 heavy (non-hydrogen) atoms. The molecule has 1 heterocycles. The molecular formula is C16H24N2O. The minimum absolute atomic E-state index is 0.00538. The van der Waals surface area contributed by atoms with Crippen molar-refractivity contribution in [2.75, 3.05) is 18.0 Å². The predicted molar refractivity (Wildman–Crippen MR) is 79.3 cm³/mol. The van der Waals surface area contributed by atoms with Gasteiger partial charge in [0, 0.05) is 12.2 Å². The van der Waals surface area contributed by atoms with E-state index >= 15 is 0 Å². The molecule has 2 rings (SSSR count). The van der Waals surface area contributed by atoms with Crippen molar-refractivity contribution in [3.05, 3.63) is 30.3 Å². The van der Waals surface area contributed by atoms with E-state index in [-0.39, 0.29) is 11.9 Å². The van der Waals surface area contributed by atoms with Crippen LogP contribution in [0, 0.1) is 0 Å². The van der Waals surface area contributed by atoms with Crippen molar-refractivity contribution in [1.82, 2.24) is 5.32 Å². The maximum Gasteiger partial charge on any atom is 0.244 e. The summed E-state index contributed by atoms with van der Waals surface area (Å²) in [6.07, 6.45) is 5.46. The summed E-state index contributed by atoms with van der Waals surface area (Å²) in [6, 6.07) is 10.0. The van der Waals surface area contributed by atoms with Gasteiger partial charge in [-0.25, -0.2) is 0 Å². The van der Waals surface area contributed by atoms with E-state index in [0.717, 1.165) is 44.5 Å². The molecule has 1 aliphatic heterocycles. The Hall–Kier alpha value is -1.35. The second-order valence-corrected chi connectivity index (χ2v) is 5.18. The standard InChI is InChI=1S/C16H24N2O/c1-2-3-13-18(14-9-5-4-6-10-14)16(19)15-11-7-8-12-17-15/h4-6,9-10,15,17H,2-3,7-8,11-13H2,1H3/t15-/m0/s1. The molecule has 1 aliphatic rings. The number of hydrogen-bond donors (Lipinski definition) is 1. The van der Waals surface area contributed by atoms with Gasteiger partial charge in [-0.1, -0.05) is 38.0 Å². The van der Waals surface area contributed by atoms with Crippen molar-refractivity contribution in [2.45, 2.75) is 45.1 Å². The molecule has 3 nitrogen and oxygen atoms in total. The van der Waals surface area contributed by atoms with E-state index in [0.29, 0.717) is 0 Å². The topological polar surface area (TPSA) is 32.3 Å². The van der Waals surface area contributed by atoms with E-state index in [2.05, 4.69) is 12.2 Å². The average Bonchev–Trinajstić information content (AvgIpc) is 2.49. The maximum atomic E-state index is 12.7. The van der Waals surface area contributed by atoms with Crippen molar-refractivity contribution in [3.8, 4) is 0 Å². The van der Waals surface area contributed by atoms with Crippen molar-refractivity contribution < 1.29 is 4.79 Å². The first kappa shape index (κ1) is 14.1. The third-order valence-electron chi connectivity index (χ3n) is 3.68. The van der Waals surface area contributed by atoms with Gasteiger partial charge in [0.05, 0.1) is 6.04 Å². The van der Waals surface area contributed by atoms with Gasteiger partial charge in [-0.2, -0.15) is 0 Å². The van der Waals surface area contributed by atoms with Crippen LogP contribution in [0.15, 0.2) is 30.3 Å². The van der Waals surface area contributed by atoms with Gasteiger partial charge in [0.1, 0.15) is 0 Å². The molecule has 0 saturated carbocycles. The monoisotopic (exact) mass is 260 g/mol. The number of piperidine rings is 1. The van der Waals surface area contributed by atoms with E-state index in [1.807, 2.05) is 35.2 Å². The Morgan fingerprint density at radius 1 is 1.32 bits per heavy atom. The Bertz CT molecular complexity index is 385. The predicted octanol–water partition coefficient (Wildman–Crippen LogP) is 2.96. The van der Waals surface area contributed by atoms with Crippen LogP contribution in [0.25, 0.3) is 0 Å². The number of anilines is 1. The molecule has 0 aromatic heterocycles. The molecule has 1 saturated heterocycles. The summed E-state index contributed by atoms with van der Waals surface area (Å²) in [5.74, 6) is 0.236. The molecule has 1 aromatic rings. The molecule has 1 amide bonds. The van der Waals surface area contributed by atoms with Crippen LogP contribution in [0.3, 0.4) is 0 Å². The number of carbonyl (C=O) groups is 1. The molecule has 0 aliphatic carbocycles. The van der Waals surface area contributed by atoms with Crippen molar-refractivity contribution in [2.24, 2.45) is 0 Å². The number of unbranched alkanes of at least 4 members (excludes halogenated alkanes) is 1. The van der Waals surface area contributed by atoms with Gasteiger partial charge in [-0.15, -0.1) is 0 Å². The zero-order valence-electron chi connectivity index (χ0n) is 11.8. The summed E-state index contributed by atoms with van der Waals surface area (Å²) in [6.45, 7) is 3.94. The van der Waals surface area contributed by atoms with Gasteiger partial charge in [0.2, 0.25) is 5.91 Å². The third-order valence-corrected chi connectivity index (χ3v) is 3.68. The van der Waals surface area contributed by atoms with E-state index < -0.39 is 0 Å². The number of nitrogens with zero attached hydrogens (tertiary/aromatic N) is 1. The summed E-state index contributed by atoms with van der Waals surface area (Å²) in [7, 11) is 0. The molecule has 104 valence electrons. The van der Waals surface area contributed by atoms with E-state index in [4.69, 9.17) is 0 Å². The Morgan fingerprint density at radius 2 is 2.11 bits per heavy atom. The van der Waals surface area contributed by atoms with Gasteiger partial charge in [0.15, 0.2) is 0 Å². The number of nitrogens with one attached hydrogen (secondary N) is 1. The number of benzene rings is 1. The number of para-hydroxylation sites is 1. The molecule has 3 heteroatoms. The van der Waals surface area contributed by atoms with Crippen LogP contribution < -0.4 is 10.2 Å². The molecule has 1 atom stereocenters. The Kier molecular flexibility index (Phi) is 5.40. The normalized spacial score (nSPS) is 19.1. The Balaban J connectivity index is 2.10. The maximum absolute atomic E-state index is 12.7. The molecule has 1 fully saturated rings. The Labute approximate surface area is 116 Å². The lowest BCUT2D eigenvalue weighted by atomic mass is 10.0. The lowest BCUT2D eigenvalue weighted by Crippen LogP contribution is -2.49. The first-order valence-electron chi connectivity index (χ1n) is 7.42. The van der Waals surface area contributed by atoms with Crippen LogP contribution in [0.5, 0.6) is 0 Å². The minimum atomic E-state index is 0.00538. The van der Waals surface area contributed by atoms with E-state index in [1.165, 1.54) is 6.42 Å². The van der Waals surface area contributed by atoms with Crippen LogP contribution in [-0.4, -0.2) is 25.0 Å². The highest BCUT2D eigenvalue weighted by Gasteiger charge is 2.26. The second kappa shape index (κ2) is 7.29. The summed E-state index contributed by atoms with van der Waals surface area (Å²) in [5.41, 5.74) is 1.02. The van der Waals surface area contributed by atoms with Crippen molar-refractivity contribution in [3.63, 3.8) is 0 Å². The van der Waals surface area contributed by atoms with Crippen LogP contribution in [0.1, 0.15) is 39.0 Å². The fourth-order valence-electron chi connectivity index (χ4n) is 2.54. The molecule has 0 radical (unpaired) electrons. The highest BCUT2D eigenvalue weighted by Crippen LogP contribution is 2.18. The number of carbonyl (C=O) groups excluding carboxylic acids is 1. The smallest absolute Gasteiger partial charge is 0.244 e. The first-order valence-corrected chi connectivity index (χ1v) is 7.42. The molecule has 0 unspecified atom stereocenters. The van der Waals surface area contributed by atoms with Crippen LogP contribution in [0.4, 0.5) is 5.69 Å². The largest absolute Gasteiger partial charge is 0.311 e. The molecule has 0 bridgehead atoms. The molecule has 0 spiro atoms. The average molecular weight is 260 g/mol. The summed E-state index contributed by atoms with van der Waals surface area (Å²) in [4.78, 5) is 14.6. The fourth-order valence-corrected chi connectivity index (χ4v) is 2.54. The van der Waals surface area contributed by atoms with Gasteiger partial charge in [-0.05, 0) is 37.9 Å². The van der Waals surface area contributed by atoms with Gasteiger partial charge in [0.25, 0.3) is 0 Å². The van der Waals surface area contributed by atoms with Gasteiger partial charge >= 0.3 is 0 Å². The SMILES string of the molecule is CCCCN(C(=O)[C@@H]1CCCCN1)c1ccccc1. The quantitative estimate of drug-likeness (QED) is 0.882. The highest BCUT2D eigenvalue weighted by molar-refractivity contribution is 5.97. The summed E-state index contributed by atoms with van der Waals surface area (Å²) < 4.78 is 0. The van der Waals surface area contributed by atoms with E-state index in [1.54, 1.807) is 0 Å².